The molecule has 2 heterocycles. The molecule has 1 aliphatic carbocycles. The van der Waals surface area contributed by atoms with Crippen LogP contribution in [0.25, 0.3) is 0 Å². The summed E-state index contributed by atoms with van der Waals surface area (Å²) >= 11 is 0. The number of hydrogen-bond acceptors (Lipinski definition) is 8. The van der Waals surface area contributed by atoms with Crippen LogP contribution in [0, 0.1) is 11.8 Å². The number of methoxy groups -OCH3 is 2. The Balaban J connectivity index is 1.88. The average Bonchev–Trinajstić information content (AvgIpc) is 3.19. The molecule has 1 aromatic carbocycles. The van der Waals surface area contributed by atoms with Crippen LogP contribution in [0.15, 0.2) is 40.7 Å². The minimum absolute atomic E-state index is 0.110. The van der Waals surface area contributed by atoms with E-state index in [0.717, 1.165) is 0 Å². The van der Waals surface area contributed by atoms with Crippen molar-refractivity contribution in [2.24, 2.45) is 11.8 Å². The Bertz CT molecular complexity index is 1010. The number of fused-ring (bicyclic) bond motifs is 1. The summed E-state index contributed by atoms with van der Waals surface area (Å²) in [4.78, 5) is 38.6. The summed E-state index contributed by atoms with van der Waals surface area (Å²) in [7, 11) is 2.57. The zero-order chi connectivity index (χ0) is 21.6. The van der Waals surface area contributed by atoms with Gasteiger partial charge >= 0.3 is 11.9 Å². The molecule has 0 radical (unpaired) electrons. The average molecular weight is 413 g/mol. The minimum Gasteiger partial charge on any atom is -0.468 e. The van der Waals surface area contributed by atoms with E-state index in [0.29, 0.717) is 46.0 Å². The molecule has 1 N–H and O–H groups in total. The number of hydrogen-bond donors (Lipinski definition) is 1. The molecule has 0 amide bonds. The Hall–Kier alpha value is -3.29. The van der Waals surface area contributed by atoms with E-state index in [1.54, 1.807) is 25.1 Å². The molecule has 0 saturated heterocycles. The zero-order valence-corrected chi connectivity index (χ0v) is 17.2. The number of carbonyl (C=O) groups is 3. The SMILES string of the molecule is COC(=O)C1=C(C)NC2=C(C(=O)C(C(=O)OC)C(C)C2)C1c1ccc2c(c1)OCO2. The zero-order valence-electron chi connectivity index (χ0n) is 17.2. The third-order valence-corrected chi connectivity index (χ3v) is 5.88. The fourth-order valence-electron chi connectivity index (χ4n) is 4.49. The van der Waals surface area contributed by atoms with Crippen LogP contribution in [0.4, 0.5) is 0 Å². The Morgan fingerprint density at radius 3 is 2.57 bits per heavy atom. The number of carbonyl (C=O) groups excluding carboxylic acids is 3. The molecule has 8 nitrogen and oxygen atoms in total. The van der Waals surface area contributed by atoms with Crippen LogP contribution in [0.5, 0.6) is 11.5 Å². The maximum atomic E-state index is 13.5. The molecule has 158 valence electrons. The number of dihydropyridines is 1. The van der Waals surface area contributed by atoms with Gasteiger partial charge in [-0.2, -0.15) is 0 Å². The summed E-state index contributed by atoms with van der Waals surface area (Å²) in [5.74, 6) is -2.19. The fraction of sp³-hybridized carbons (Fsp3) is 0.409. The van der Waals surface area contributed by atoms with Crippen LogP contribution >= 0.6 is 0 Å². The number of ether oxygens (including phenoxy) is 4. The van der Waals surface area contributed by atoms with Crippen LogP contribution in [-0.4, -0.2) is 38.7 Å². The minimum atomic E-state index is -0.927. The van der Waals surface area contributed by atoms with E-state index in [9.17, 15) is 14.4 Å². The van der Waals surface area contributed by atoms with Gasteiger partial charge < -0.3 is 24.3 Å². The van der Waals surface area contributed by atoms with Crippen LogP contribution < -0.4 is 14.8 Å². The van der Waals surface area contributed by atoms with E-state index in [2.05, 4.69) is 5.32 Å². The first-order chi connectivity index (χ1) is 14.4. The second-order valence-electron chi connectivity index (χ2n) is 7.64. The van der Waals surface area contributed by atoms with Crippen LogP contribution in [0.3, 0.4) is 0 Å². The van der Waals surface area contributed by atoms with Crippen LogP contribution in [0.1, 0.15) is 31.7 Å². The van der Waals surface area contributed by atoms with Crippen LogP contribution in [0.2, 0.25) is 0 Å². The van der Waals surface area contributed by atoms with E-state index in [1.807, 2.05) is 6.92 Å². The molecule has 0 fully saturated rings. The summed E-state index contributed by atoms with van der Waals surface area (Å²) < 4.78 is 20.8. The third kappa shape index (κ3) is 3.03. The Kier molecular flexibility index (Phi) is 5.01. The standard InChI is InChI=1S/C22H23NO7/c1-10-7-13-19(20(24)16(10)21(25)27-3)18(17(11(2)23-13)22(26)28-4)12-5-6-14-15(8-12)30-9-29-14/h5-6,8,10,16,18,23H,7,9H2,1-4H3. The maximum Gasteiger partial charge on any atom is 0.336 e. The highest BCUT2D eigenvalue weighted by molar-refractivity contribution is 6.12. The van der Waals surface area contributed by atoms with Gasteiger partial charge in [0.1, 0.15) is 5.92 Å². The highest BCUT2D eigenvalue weighted by Gasteiger charge is 2.47. The number of allylic oxidation sites excluding steroid dienone is 3. The van der Waals surface area contributed by atoms with Gasteiger partial charge in [-0.25, -0.2) is 4.79 Å². The van der Waals surface area contributed by atoms with Crippen molar-refractivity contribution in [1.82, 2.24) is 5.32 Å². The van der Waals surface area contributed by atoms with Gasteiger partial charge in [-0.05, 0) is 37.0 Å². The molecule has 0 aromatic heterocycles. The molecule has 2 aliphatic heterocycles. The summed E-state index contributed by atoms with van der Waals surface area (Å²) in [6.07, 6.45) is 0.480. The lowest BCUT2D eigenvalue weighted by atomic mass is 9.69. The second-order valence-corrected chi connectivity index (χ2v) is 7.64. The Morgan fingerprint density at radius 2 is 1.87 bits per heavy atom. The molecule has 0 bridgehead atoms. The number of benzene rings is 1. The molecule has 3 unspecified atom stereocenters. The first-order valence-corrected chi connectivity index (χ1v) is 9.68. The largest absolute Gasteiger partial charge is 0.468 e. The molecule has 0 spiro atoms. The number of Topliss-reactive ketones (excluding diaryl/α,β-unsaturated/α-hetero) is 1. The lowest BCUT2D eigenvalue weighted by molar-refractivity contribution is -0.151. The van der Waals surface area contributed by atoms with Crippen molar-refractivity contribution in [3.8, 4) is 11.5 Å². The summed E-state index contributed by atoms with van der Waals surface area (Å²) in [5, 5.41) is 3.20. The molecule has 30 heavy (non-hydrogen) atoms. The van der Waals surface area contributed by atoms with Crippen molar-refractivity contribution in [3.05, 3.63) is 46.3 Å². The van der Waals surface area contributed by atoms with Crippen molar-refractivity contribution in [3.63, 3.8) is 0 Å². The molecule has 8 heteroatoms. The summed E-state index contributed by atoms with van der Waals surface area (Å²) in [6, 6.07) is 5.30. The molecule has 0 saturated carbocycles. The van der Waals surface area contributed by atoms with Gasteiger partial charge in [-0.3, -0.25) is 9.59 Å². The topological polar surface area (TPSA) is 100 Å². The smallest absolute Gasteiger partial charge is 0.336 e. The number of ketones is 1. The third-order valence-electron chi connectivity index (χ3n) is 5.88. The van der Waals surface area contributed by atoms with E-state index in [-0.39, 0.29) is 18.5 Å². The quantitative estimate of drug-likeness (QED) is 0.595. The van der Waals surface area contributed by atoms with Crippen molar-refractivity contribution in [1.29, 1.82) is 0 Å². The molecular formula is C22H23NO7. The van der Waals surface area contributed by atoms with Crippen molar-refractivity contribution >= 4 is 17.7 Å². The number of nitrogens with one attached hydrogen (secondary N) is 1. The van der Waals surface area contributed by atoms with E-state index in [4.69, 9.17) is 18.9 Å². The van der Waals surface area contributed by atoms with Gasteiger partial charge in [0, 0.05) is 22.9 Å². The molecule has 1 aromatic rings. The van der Waals surface area contributed by atoms with E-state index in [1.165, 1.54) is 14.2 Å². The number of rotatable bonds is 3. The highest BCUT2D eigenvalue weighted by atomic mass is 16.7. The second kappa shape index (κ2) is 7.51. The Morgan fingerprint density at radius 1 is 1.13 bits per heavy atom. The summed E-state index contributed by atoms with van der Waals surface area (Å²) in [5.41, 5.74) is 2.70. The van der Waals surface area contributed by atoms with Gasteiger partial charge in [0.05, 0.1) is 19.8 Å². The first-order valence-electron chi connectivity index (χ1n) is 9.68. The van der Waals surface area contributed by atoms with Crippen molar-refractivity contribution in [2.75, 3.05) is 21.0 Å². The first kappa shape index (κ1) is 20.0. The van der Waals surface area contributed by atoms with Gasteiger partial charge in [0.25, 0.3) is 0 Å². The van der Waals surface area contributed by atoms with Gasteiger partial charge in [-0.1, -0.05) is 13.0 Å². The van der Waals surface area contributed by atoms with Gasteiger partial charge in [0.2, 0.25) is 6.79 Å². The van der Waals surface area contributed by atoms with Gasteiger partial charge in [0.15, 0.2) is 17.3 Å². The van der Waals surface area contributed by atoms with Crippen molar-refractivity contribution < 1.29 is 33.3 Å². The molecule has 3 aliphatic rings. The van der Waals surface area contributed by atoms with Crippen molar-refractivity contribution in [2.45, 2.75) is 26.2 Å². The lowest BCUT2D eigenvalue weighted by Crippen LogP contribution is -2.43. The predicted octanol–water partition coefficient (Wildman–Crippen LogP) is 2.20. The van der Waals surface area contributed by atoms with E-state index >= 15 is 0 Å². The Labute approximate surface area is 173 Å². The monoisotopic (exact) mass is 413 g/mol. The highest BCUT2D eigenvalue weighted by Crippen LogP contribution is 2.47. The normalized spacial score (nSPS) is 24.9. The fourth-order valence-corrected chi connectivity index (χ4v) is 4.49. The lowest BCUT2D eigenvalue weighted by Gasteiger charge is -2.38. The summed E-state index contributed by atoms with van der Waals surface area (Å²) in [6.45, 7) is 3.73. The molecular weight excluding hydrogens is 390 g/mol. The number of esters is 2. The maximum absolute atomic E-state index is 13.5. The van der Waals surface area contributed by atoms with Gasteiger partial charge in [-0.15, -0.1) is 0 Å². The molecule has 4 rings (SSSR count). The van der Waals surface area contributed by atoms with Crippen LogP contribution in [-0.2, 0) is 23.9 Å². The van der Waals surface area contributed by atoms with E-state index < -0.39 is 23.8 Å². The predicted molar refractivity (Wildman–Crippen MR) is 104 cm³/mol. The molecule has 3 atom stereocenters.